The second-order valence-electron chi connectivity index (χ2n) is 5.38. The van der Waals surface area contributed by atoms with E-state index in [0.717, 1.165) is 31.3 Å². The molecule has 1 aromatic heterocycles. The summed E-state index contributed by atoms with van der Waals surface area (Å²) < 4.78 is 39.4. The van der Waals surface area contributed by atoms with Crippen molar-refractivity contribution in [2.24, 2.45) is 0 Å². The Morgan fingerprint density at radius 2 is 1.86 bits per heavy atom. The van der Waals surface area contributed by atoms with Crippen molar-refractivity contribution in [3.63, 3.8) is 0 Å². The fourth-order valence-corrected chi connectivity index (χ4v) is 3.57. The highest BCUT2D eigenvalue weighted by molar-refractivity contribution is 7.89. The zero-order valence-corrected chi connectivity index (χ0v) is 12.8. The molecule has 21 heavy (non-hydrogen) atoms. The van der Waals surface area contributed by atoms with Crippen LogP contribution in [0.4, 0.5) is 4.39 Å². The van der Waals surface area contributed by atoms with Crippen LogP contribution in [0, 0.1) is 5.82 Å². The predicted octanol–water partition coefficient (Wildman–Crippen LogP) is 1.81. The molecule has 0 radical (unpaired) electrons. The van der Waals surface area contributed by atoms with Crippen LogP contribution in [0.1, 0.15) is 38.5 Å². The van der Waals surface area contributed by atoms with Crippen LogP contribution in [0.25, 0.3) is 0 Å². The average Bonchev–Trinajstić information content (AvgIpc) is 2.72. The quantitative estimate of drug-likeness (QED) is 0.620. The number of rotatable bonds is 6. The molecular weight excluding hydrogens is 293 g/mol. The molecule has 0 amide bonds. The number of aromatic nitrogens is 1. The van der Waals surface area contributed by atoms with Crippen molar-refractivity contribution in [1.82, 2.24) is 15.0 Å². The third-order valence-electron chi connectivity index (χ3n) is 3.70. The van der Waals surface area contributed by atoms with E-state index in [1.54, 1.807) is 0 Å². The molecule has 1 saturated carbocycles. The first-order valence-electron chi connectivity index (χ1n) is 7.41. The lowest BCUT2D eigenvalue weighted by molar-refractivity contribution is 0.461. The molecule has 2 N–H and O–H groups in total. The van der Waals surface area contributed by atoms with Crippen molar-refractivity contribution in [2.45, 2.75) is 49.5 Å². The molecule has 5 nitrogen and oxygen atoms in total. The molecular formula is C14H22FN3O2S. The van der Waals surface area contributed by atoms with Gasteiger partial charge in [0.2, 0.25) is 10.0 Å². The van der Waals surface area contributed by atoms with E-state index in [1.807, 2.05) is 0 Å². The first kappa shape index (κ1) is 16.3. The Hall–Kier alpha value is -1.05. The molecule has 0 saturated heterocycles. The molecule has 0 atom stereocenters. The number of hydrogen-bond donors (Lipinski definition) is 2. The van der Waals surface area contributed by atoms with Gasteiger partial charge in [0.25, 0.3) is 0 Å². The fraction of sp³-hybridized carbons (Fsp3) is 0.643. The molecule has 0 unspecified atom stereocenters. The van der Waals surface area contributed by atoms with Crippen molar-refractivity contribution in [1.29, 1.82) is 0 Å². The fourth-order valence-electron chi connectivity index (χ4n) is 2.57. The summed E-state index contributed by atoms with van der Waals surface area (Å²) in [4.78, 5) is 3.41. The van der Waals surface area contributed by atoms with Crippen LogP contribution in [-0.4, -0.2) is 32.5 Å². The summed E-state index contributed by atoms with van der Waals surface area (Å²) >= 11 is 0. The van der Waals surface area contributed by atoms with Crippen LogP contribution in [0.15, 0.2) is 23.4 Å². The van der Waals surface area contributed by atoms with E-state index in [0.29, 0.717) is 12.6 Å². The van der Waals surface area contributed by atoms with Crippen LogP contribution in [0.3, 0.4) is 0 Å². The highest BCUT2D eigenvalue weighted by Crippen LogP contribution is 2.16. The molecule has 2 rings (SSSR count). The number of halogens is 1. The summed E-state index contributed by atoms with van der Waals surface area (Å²) in [6.07, 6.45) is 9.48. The van der Waals surface area contributed by atoms with E-state index in [4.69, 9.17) is 0 Å². The average molecular weight is 315 g/mol. The molecule has 0 aromatic carbocycles. The second kappa shape index (κ2) is 7.82. The minimum Gasteiger partial charge on any atom is -0.313 e. The highest BCUT2D eigenvalue weighted by Gasteiger charge is 2.15. The zero-order chi connectivity index (χ0) is 15.1. The van der Waals surface area contributed by atoms with E-state index in [9.17, 15) is 12.8 Å². The Labute approximate surface area is 125 Å². The number of nitrogens with one attached hydrogen (secondary N) is 2. The van der Waals surface area contributed by atoms with Gasteiger partial charge >= 0.3 is 0 Å². The molecule has 1 heterocycles. The third kappa shape index (κ3) is 5.33. The van der Waals surface area contributed by atoms with Gasteiger partial charge in [-0.05, 0) is 18.9 Å². The summed E-state index contributed by atoms with van der Waals surface area (Å²) in [6, 6.07) is 1.45. The van der Waals surface area contributed by atoms with Gasteiger partial charge in [0.1, 0.15) is 10.7 Å². The van der Waals surface area contributed by atoms with Crippen LogP contribution in [-0.2, 0) is 10.0 Å². The summed E-state index contributed by atoms with van der Waals surface area (Å²) in [5.74, 6) is -0.658. The number of nitrogens with zero attached hydrogens (tertiary/aromatic N) is 1. The van der Waals surface area contributed by atoms with E-state index in [1.165, 1.54) is 25.7 Å². The van der Waals surface area contributed by atoms with Gasteiger partial charge in [-0.2, -0.15) is 0 Å². The Bertz CT molecular complexity index is 543. The first-order chi connectivity index (χ1) is 10.1. The molecule has 7 heteroatoms. The molecule has 0 bridgehead atoms. The lowest BCUT2D eigenvalue weighted by Gasteiger charge is -2.16. The largest absolute Gasteiger partial charge is 0.313 e. The number of hydrogen-bond acceptors (Lipinski definition) is 4. The van der Waals surface area contributed by atoms with Gasteiger partial charge in [-0.15, -0.1) is 0 Å². The van der Waals surface area contributed by atoms with E-state index in [-0.39, 0.29) is 11.4 Å². The molecule has 1 fully saturated rings. The third-order valence-corrected chi connectivity index (χ3v) is 5.12. The van der Waals surface area contributed by atoms with Gasteiger partial charge < -0.3 is 5.32 Å². The van der Waals surface area contributed by atoms with Gasteiger partial charge in [-0.3, -0.25) is 4.98 Å². The molecule has 118 valence electrons. The summed E-state index contributed by atoms with van der Waals surface area (Å²) in [7, 11) is -3.69. The Morgan fingerprint density at radius 1 is 1.14 bits per heavy atom. The maximum Gasteiger partial charge on any atom is 0.242 e. The molecule has 1 aliphatic rings. The van der Waals surface area contributed by atoms with Gasteiger partial charge in [0.15, 0.2) is 0 Å². The van der Waals surface area contributed by atoms with Crippen LogP contribution < -0.4 is 10.0 Å². The summed E-state index contributed by atoms with van der Waals surface area (Å²) in [6.45, 7) is 0.863. The first-order valence-corrected chi connectivity index (χ1v) is 8.90. The Balaban J connectivity index is 1.77. The molecule has 1 aliphatic carbocycles. The minimum absolute atomic E-state index is 0.142. The SMILES string of the molecule is O=S(=O)(NCCNC1CCCCCC1)c1cncc(F)c1. The van der Waals surface area contributed by atoms with Gasteiger partial charge in [-0.25, -0.2) is 17.5 Å². The van der Waals surface area contributed by atoms with Crippen molar-refractivity contribution >= 4 is 10.0 Å². The molecule has 0 aliphatic heterocycles. The Kier molecular flexibility index (Phi) is 6.08. The standard InChI is InChI=1S/C14H22FN3O2S/c15-12-9-14(11-16-10-12)21(19,20)18-8-7-17-13-5-3-1-2-4-6-13/h9-11,13,17-18H,1-8H2. The molecule has 0 spiro atoms. The summed E-state index contributed by atoms with van der Waals surface area (Å²) in [5.41, 5.74) is 0. The van der Waals surface area contributed by atoms with Crippen LogP contribution >= 0.6 is 0 Å². The van der Waals surface area contributed by atoms with Gasteiger partial charge in [0.05, 0.1) is 6.20 Å². The van der Waals surface area contributed by atoms with Crippen LogP contribution in [0.5, 0.6) is 0 Å². The topological polar surface area (TPSA) is 71.1 Å². The van der Waals surface area contributed by atoms with Crippen molar-refractivity contribution in [2.75, 3.05) is 13.1 Å². The minimum atomic E-state index is -3.69. The maximum atomic E-state index is 13.0. The van der Waals surface area contributed by atoms with Crippen molar-refractivity contribution in [3.05, 3.63) is 24.3 Å². The molecule has 1 aromatic rings. The Morgan fingerprint density at radius 3 is 2.52 bits per heavy atom. The van der Waals surface area contributed by atoms with Crippen molar-refractivity contribution < 1.29 is 12.8 Å². The van der Waals surface area contributed by atoms with Gasteiger partial charge in [0, 0.05) is 25.3 Å². The number of pyridine rings is 1. The predicted molar refractivity (Wildman–Crippen MR) is 78.9 cm³/mol. The lowest BCUT2D eigenvalue weighted by Crippen LogP contribution is -2.36. The number of sulfonamides is 1. The van der Waals surface area contributed by atoms with E-state index in [2.05, 4.69) is 15.0 Å². The van der Waals surface area contributed by atoms with Crippen molar-refractivity contribution in [3.8, 4) is 0 Å². The lowest BCUT2D eigenvalue weighted by atomic mass is 10.1. The normalized spacial score (nSPS) is 17.6. The monoisotopic (exact) mass is 315 g/mol. The second-order valence-corrected chi connectivity index (χ2v) is 7.15. The van der Waals surface area contributed by atoms with Crippen LogP contribution in [0.2, 0.25) is 0 Å². The maximum absolute atomic E-state index is 13.0. The van der Waals surface area contributed by atoms with Gasteiger partial charge in [-0.1, -0.05) is 25.7 Å². The smallest absolute Gasteiger partial charge is 0.242 e. The van der Waals surface area contributed by atoms with E-state index >= 15 is 0 Å². The highest BCUT2D eigenvalue weighted by atomic mass is 32.2. The zero-order valence-electron chi connectivity index (χ0n) is 12.0. The summed E-state index contributed by atoms with van der Waals surface area (Å²) in [5, 5.41) is 3.38. The van der Waals surface area contributed by atoms with E-state index < -0.39 is 15.8 Å².